The molecule has 1 aromatic carbocycles. The van der Waals surface area contributed by atoms with E-state index >= 15 is 0 Å². The van der Waals surface area contributed by atoms with Crippen molar-refractivity contribution in [2.75, 3.05) is 6.54 Å². The van der Waals surface area contributed by atoms with Crippen molar-refractivity contribution < 1.29 is 14.7 Å². The summed E-state index contributed by atoms with van der Waals surface area (Å²) in [5, 5.41) is 9.67. The third kappa shape index (κ3) is 3.90. The number of likely N-dealkylation sites (tertiary alicyclic amines) is 1. The lowest BCUT2D eigenvalue weighted by atomic mass is 9.83. The van der Waals surface area contributed by atoms with Crippen LogP contribution in [0.2, 0.25) is 0 Å². The van der Waals surface area contributed by atoms with E-state index in [1.807, 2.05) is 42.0 Å². The van der Waals surface area contributed by atoms with Gasteiger partial charge in [0, 0.05) is 31.9 Å². The van der Waals surface area contributed by atoms with Crippen molar-refractivity contribution in [1.29, 1.82) is 0 Å². The number of piperidine rings is 1. The molecule has 2 aromatic rings. The van der Waals surface area contributed by atoms with Gasteiger partial charge in [0.1, 0.15) is 0 Å². The summed E-state index contributed by atoms with van der Waals surface area (Å²) in [5.41, 5.74) is 1.97. The standard InChI is InChI=1S/C19H23N3O3/c1-14-4-2-5-15(12-14)18-16(19(24)25)6-7-17(23)22(18)10-3-9-21-11-8-20-13-21/h2,4-5,8,11-13,16,18H,3,6-7,9-10H2,1H3,(H,24,25)/t16-,18+/m0/s1. The Morgan fingerprint density at radius 1 is 1.36 bits per heavy atom. The lowest BCUT2D eigenvalue weighted by Gasteiger charge is -2.40. The molecule has 132 valence electrons. The van der Waals surface area contributed by atoms with E-state index in [0.717, 1.165) is 24.1 Å². The number of carbonyl (C=O) groups excluding carboxylic acids is 1. The molecule has 2 heterocycles. The highest BCUT2D eigenvalue weighted by Crippen LogP contribution is 2.37. The van der Waals surface area contributed by atoms with Crippen LogP contribution >= 0.6 is 0 Å². The monoisotopic (exact) mass is 341 g/mol. The van der Waals surface area contributed by atoms with Crippen molar-refractivity contribution in [3.8, 4) is 0 Å². The van der Waals surface area contributed by atoms with Gasteiger partial charge in [0.05, 0.1) is 18.3 Å². The molecule has 2 atom stereocenters. The van der Waals surface area contributed by atoms with Crippen LogP contribution in [0.15, 0.2) is 43.0 Å². The van der Waals surface area contributed by atoms with Gasteiger partial charge in [-0.3, -0.25) is 9.59 Å². The van der Waals surface area contributed by atoms with Crippen LogP contribution in [-0.4, -0.2) is 38.0 Å². The predicted molar refractivity (Wildman–Crippen MR) is 92.8 cm³/mol. The number of aryl methyl sites for hydroxylation is 2. The third-order valence-electron chi connectivity index (χ3n) is 4.78. The Hall–Kier alpha value is -2.63. The highest BCUT2D eigenvalue weighted by Gasteiger charge is 2.40. The van der Waals surface area contributed by atoms with Gasteiger partial charge < -0.3 is 14.6 Å². The van der Waals surface area contributed by atoms with Gasteiger partial charge in [-0.1, -0.05) is 29.8 Å². The number of amides is 1. The summed E-state index contributed by atoms with van der Waals surface area (Å²) in [6.07, 6.45) is 6.81. The van der Waals surface area contributed by atoms with Crippen molar-refractivity contribution >= 4 is 11.9 Å². The molecule has 1 N–H and O–H groups in total. The second-order valence-electron chi connectivity index (χ2n) is 6.58. The highest BCUT2D eigenvalue weighted by molar-refractivity contribution is 5.81. The van der Waals surface area contributed by atoms with E-state index in [-0.39, 0.29) is 5.91 Å². The Balaban J connectivity index is 1.82. The summed E-state index contributed by atoms with van der Waals surface area (Å²) in [6, 6.07) is 7.41. The maximum Gasteiger partial charge on any atom is 0.308 e. The van der Waals surface area contributed by atoms with Crippen LogP contribution < -0.4 is 0 Å². The van der Waals surface area contributed by atoms with Crippen molar-refractivity contribution in [1.82, 2.24) is 14.5 Å². The average molecular weight is 341 g/mol. The highest BCUT2D eigenvalue weighted by atomic mass is 16.4. The number of carbonyl (C=O) groups is 2. The Morgan fingerprint density at radius 3 is 2.88 bits per heavy atom. The molecule has 3 rings (SSSR count). The van der Waals surface area contributed by atoms with Gasteiger partial charge in [-0.2, -0.15) is 0 Å². The lowest BCUT2D eigenvalue weighted by molar-refractivity contribution is -0.152. The smallest absolute Gasteiger partial charge is 0.308 e. The molecule has 6 heteroatoms. The number of hydrogen-bond donors (Lipinski definition) is 1. The minimum atomic E-state index is -0.835. The number of carboxylic acids is 1. The van der Waals surface area contributed by atoms with Gasteiger partial charge in [-0.15, -0.1) is 0 Å². The van der Waals surface area contributed by atoms with Crippen LogP contribution in [0, 0.1) is 12.8 Å². The van der Waals surface area contributed by atoms with Crippen molar-refractivity contribution in [3.63, 3.8) is 0 Å². The molecule has 25 heavy (non-hydrogen) atoms. The van der Waals surface area contributed by atoms with Crippen molar-refractivity contribution in [2.45, 2.75) is 38.8 Å². The molecular weight excluding hydrogens is 318 g/mol. The maximum atomic E-state index is 12.5. The first kappa shape index (κ1) is 17.2. The van der Waals surface area contributed by atoms with Gasteiger partial charge in [0.25, 0.3) is 0 Å². The number of aliphatic carboxylic acids is 1. The van der Waals surface area contributed by atoms with E-state index < -0.39 is 17.9 Å². The van der Waals surface area contributed by atoms with Crippen LogP contribution in [0.4, 0.5) is 0 Å². The molecule has 1 amide bonds. The van der Waals surface area contributed by atoms with Crippen molar-refractivity contribution in [3.05, 3.63) is 54.1 Å². The summed E-state index contributed by atoms with van der Waals surface area (Å²) < 4.78 is 1.96. The van der Waals surface area contributed by atoms with Gasteiger partial charge in [-0.25, -0.2) is 4.98 Å². The first-order chi connectivity index (χ1) is 12.1. The zero-order valence-electron chi connectivity index (χ0n) is 14.3. The molecule has 1 aromatic heterocycles. The summed E-state index contributed by atoms with van der Waals surface area (Å²) >= 11 is 0. The Morgan fingerprint density at radius 2 is 2.20 bits per heavy atom. The van der Waals surface area contributed by atoms with Gasteiger partial charge in [-0.05, 0) is 25.3 Å². The molecule has 6 nitrogen and oxygen atoms in total. The second-order valence-corrected chi connectivity index (χ2v) is 6.58. The first-order valence-corrected chi connectivity index (χ1v) is 8.61. The molecule has 0 unspecified atom stereocenters. The summed E-state index contributed by atoms with van der Waals surface area (Å²) in [6.45, 7) is 3.27. The number of hydrogen-bond acceptors (Lipinski definition) is 3. The molecule has 0 aliphatic carbocycles. The fourth-order valence-corrected chi connectivity index (χ4v) is 3.58. The quantitative estimate of drug-likeness (QED) is 0.876. The Labute approximate surface area is 147 Å². The third-order valence-corrected chi connectivity index (χ3v) is 4.78. The first-order valence-electron chi connectivity index (χ1n) is 8.61. The molecule has 1 aliphatic rings. The molecule has 1 saturated heterocycles. The minimum Gasteiger partial charge on any atom is -0.481 e. The van der Waals surface area contributed by atoms with Crippen LogP contribution in [0.5, 0.6) is 0 Å². The number of imidazole rings is 1. The molecule has 0 saturated carbocycles. The summed E-state index contributed by atoms with van der Waals surface area (Å²) in [4.78, 5) is 30.1. The largest absolute Gasteiger partial charge is 0.481 e. The molecule has 0 radical (unpaired) electrons. The van der Waals surface area contributed by atoms with Gasteiger partial charge in [0.15, 0.2) is 0 Å². The minimum absolute atomic E-state index is 0.0367. The molecule has 0 spiro atoms. The summed E-state index contributed by atoms with van der Waals surface area (Å²) in [5.74, 6) is -1.36. The predicted octanol–water partition coefficient (Wildman–Crippen LogP) is 2.65. The topological polar surface area (TPSA) is 75.4 Å². The fraction of sp³-hybridized carbons (Fsp3) is 0.421. The molecule has 0 bridgehead atoms. The van der Waals surface area contributed by atoms with E-state index in [9.17, 15) is 14.7 Å². The van der Waals surface area contributed by atoms with Gasteiger partial charge in [0.2, 0.25) is 5.91 Å². The zero-order valence-corrected chi connectivity index (χ0v) is 14.3. The van der Waals surface area contributed by atoms with Crippen molar-refractivity contribution in [2.24, 2.45) is 5.92 Å². The number of rotatable bonds is 6. The average Bonchev–Trinajstić information content (AvgIpc) is 3.09. The number of carboxylic acid groups (broad SMARTS) is 1. The normalized spacial score (nSPS) is 20.7. The van der Waals surface area contributed by atoms with E-state index in [1.54, 1.807) is 17.4 Å². The molecule has 1 aliphatic heterocycles. The fourth-order valence-electron chi connectivity index (χ4n) is 3.58. The second kappa shape index (κ2) is 7.51. The van der Waals surface area contributed by atoms with Gasteiger partial charge >= 0.3 is 5.97 Å². The molecular formula is C19H23N3O3. The van der Waals surface area contributed by atoms with E-state index in [2.05, 4.69) is 4.98 Å². The van der Waals surface area contributed by atoms with E-state index in [0.29, 0.717) is 19.4 Å². The number of nitrogens with zero attached hydrogens (tertiary/aromatic N) is 3. The Kier molecular flexibility index (Phi) is 5.16. The Bertz CT molecular complexity index is 742. The van der Waals surface area contributed by atoms with Crippen LogP contribution in [0.3, 0.4) is 0 Å². The lowest BCUT2D eigenvalue weighted by Crippen LogP contribution is -2.45. The number of benzene rings is 1. The maximum absolute atomic E-state index is 12.5. The van der Waals surface area contributed by atoms with E-state index in [1.165, 1.54) is 0 Å². The van der Waals surface area contributed by atoms with Crippen LogP contribution in [0.25, 0.3) is 0 Å². The zero-order chi connectivity index (χ0) is 17.8. The summed E-state index contributed by atoms with van der Waals surface area (Å²) in [7, 11) is 0. The number of aromatic nitrogens is 2. The van der Waals surface area contributed by atoms with Crippen LogP contribution in [0.1, 0.15) is 36.4 Å². The molecule has 1 fully saturated rings. The SMILES string of the molecule is Cc1cccc([C@@H]2[C@@H](C(=O)O)CCC(=O)N2CCCn2ccnc2)c1. The van der Waals surface area contributed by atoms with Crippen LogP contribution in [-0.2, 0) is 16.1 Å². The van der Waals surface area contributed by atoms with E-state index in [4.69, 9.17) is 0 Å².